The number of nitrogens with zero attached hydrogens (tertiary/aromatic N) is 1. The number of benzene rings is 1. The molecule has 86 valence electrons. The van der Waals surface area contributed by atoms with Gasteiger partial charge in [0, 0.05) is 18.7 Å². The van der Waals surface area contributed by atoms with Gasteiger partial charge < -0.3 is 10.6 Å². The molecule has 1 aromatic carbocycles. The van der Waals surface area contributed by atoms with E-state index in [-0.39, 0.29) is 11.9 Å². The van der Waals surface area contributed by atoms with E-state index >= 15 is 0 Å². The molecule has 3 heteroatoms. The highest BCUT2D eigenvalue weighted by Crippen LogP contribution is 2.25. The van der Waals surface area contributed by atoms with E-state index in [0.29, 0.717) is 6.42 Å². The lowest BCUT2D eigenvalue weighted by atomic mass is 10.0. The summed E-state index contributed by atoms with van der Waals surface area (Å²) in [5.41, 5.74) is 7.64. The average molecular weight is 218 g/mol. The highest BCUT2D eigenvalue weighted by molar-refractivity contribution is 5.77. The second-order valence-electron chi connectivity index (χ2n) is 4.39. The van der Waals surface area contributed by atoms with Gasteiger partial charge in [0.25, 0.3) is 0 Å². The highest BCUT2D eigenvalue weighted by Gasteiger charge is 2.23. The molecule has 0 saturated carbocycles. The van der Waals surface area contributed by atoms with Gasteiger partial charge >= 0.3 is 0 Å². The topological polar surface area (TPSA) is 46.3 Å². The zero-order valence-electron chi connectivity index (χ0n) is 9.65. The van der Waals surface area contributed by atoms with Crippen LogP contribution in [0.2, 0.25) is 0 Å². The molecule has 1 aliphatic rings. The molecule has 1 unspecified atom stereocenters. The van der Waals surface area contributed by atoms with Crippen molar-refractivity contribution in [1.82, 2.24) is 4.90 Å². The molecule has 2 rings (SSSR count). The van der Waals surface area contributed by atoms with Crippen LogP contribution in [0.15, 0.2) is 24.3 Å². The molecule has 1 aromatic rings. The summed E-state index contributed by atoms with van der Waals surface area (Å²) in [7, 11) is 0. The molecule has 1 heterocycles. The first kappa shape index (κ1) is 11.0. The number of hydrogen-bond acceptors (Lipinski definition) is 2. The van der Waals surface area contributed by atoms with Crippen LogP contribution in [-0.4, -0.2) is 17.4 Å². The van der Waals surface area contributed by atoms with Crippen LogP contribution >= 0.6 is 0 Å². The van der Waals surface area contributed by atoms with E-state index in [1.165, 1.54) is 0 Å². The smallest absolute Gasteiger partial charge is 0.223 e. The molecule has 0 aliphatic carbocycles. The molecular weight excluding hydrogens is 200 g/mol. The molecule has 1 atom stereocenters. The first-order valence-corrected chi connectivity index (χ1v) is 5.83. The summed E-state index contributed by atoms with van der Waals surface area (Å²) >= 11 is 0. The number of likely N-dealkylation sites (tertiary alicyclic amines) is 1. The third kappa shape index (κ3) is 2.18. The number of piperidine rings is 1. The number of hydrogen-bond donors (Lipinski definition) is 1. The van der Waals surface area contributed by atoms with Crippen molar-refractivity contribution in [3.8, 4) is 0 Å². The van der Waals surface area contributed by atoms with Crippen LogP contribution in [0.1, 0.15) is 37.8 Å². The Kier molecular flexibility index (Phi) is 3.13. The lowest BCUT2D eigenvalue weighted by molar-refractivity contribution is -0.135. The summed E-state index contributed by atoms with van der Waals surface area (Å²) in [6.45, 7) is 2.94. The van der Waals surface area contributed by atoms with Gasteiger partial charge in [-0.05, 0) is 37.5 Å². The average Bonchev–Trinajstić information content (AvgIpc) is 2.29. The molecule has 3 nitrogen and oxygen atoms in total. The maximum absolute atomic E-state index is 11.8. The van der Waals surface area contributed by atoms with Gasteiger partial charge in [-0.1, -0.05) is 12.1 Å². The number of nitrogens with two attached hydrogens (primary N) is 1. The third-order valence-electron chi connectivity index (χ3n) is 3.22. The van der Waals surface area contributed by atoms with Crippen molar-refractivity contribution in [2.24, 2.45) is 0 Å². The van der Waals surface area contributed by atoms with E-state index in [4.69, 9.17) is 5.73 Å². The maximum atomic E-state index is 11.8. The predicted octanol–water partition coefficient (Wildman–Crippen LogP) is 2.34. The Hall–Kier alpha value is -1.51. The Morgan fingerprint density at radius 1 is 1.38 bits per heavy atom. The van der Waals surface area contributed by atoms with Crippen molar-refractivity contribution in [2.75, 3.05) is 12.3 Å². The van der Waals surface area contributed by atoms with Crippen LogP contribution in [0, 0.1) is 0 Å². The van der Waals surface area contributed by atoms with Crippen molar-refractivity contribution in [1.29, 1.82) is 0 Å². The molecule has 0 bridgehead atoms. The van der Waals surface area contributed by atoms with Gasteiger partial charge in [0.2, 0.25) is 5.91 Å². The summed E-state index contributed by atoms with van der Waals surface area (Å²) in [5.74, 6) is 0.265. The number of nitrogen functional groups attached to an aromatic ring is 1. The standard InChI is InChI=1S/C13H18N2O/c1-10(11-5-4-6-12(14)9-11)15-8-3-2-7-13(15)16/h4-6,9-10H,2-3,7-8,14H2,1H3. The summed E-state index contributed by atoms with van der Waals surface area (Å²) < 4.78 is 0. The minimum absolute atomic E-state index is 0.135. The van der Waals surface area contributed by atoms with Crippen LogP contribution in [-0.2, 0) is 4.79 Å². The van der Waals surface area contributed by atoms with Gasteiger partial charge in [0.1, 0.15) is 0 Å². The largest absolute Gasteiger partial charge is 0.399 e. The minimum Gasteiger partial charge on any atom is -0.399 e. The Balaban J connectivity index is 2.17. The van der Waals surface area contributed by atoms with E-state index in [0.717, 1.165) is 30.6 Å². The fraction of sp³-hybridized carbons (Fsp3) is 0.462. The summed E-state index contributed by atoms with van der Waals surface area (Å²) in [6, 6.07) is 7.93. The third-order valence-corrected chi connectivity index (χ3v) is 3.22. The van der Waals surface area contributed by atoms with Crippen LogP contribution in [0.25, 0.3) is 0 Å². The monoisotopic (exact) mass is 218 g/mol. The summed E-state index contributed by atoms with van der Waals surface area (Å²) in [4.78, 5) is 13.7. The Bertz CT molecular complexity index is 389. The Morgan fingerprint density at radius 3 is 2.88 bits per heavy atom. The molecule has 0 radical (unpaired) electrons. The van der Waals surface area contributed by atoms with Crippen molar-refractivity contribution >= 4 is 11.6 Å². The lowest BCUT2D eigenvalue weighted by Gasteiger charge is -2.32. The first-order valence-electron chi connectivity index (χ1n) is 5.83. The molecule has 1 aliphatic heterocycles. The number of anilines is 1. The predicted molar refractivity (Wildman–Crippen MR) is 64.8 cm³/mol. The fourth-order valence-electron chi connectivity index (χ4n) is 2.24. The number of amides is 1. The molecule has 1 fully saturated rings. The summed E-state index contributed by atoms with van der Waals surface area (Å²) in [5, 5.41) is 0. The van der Waals surface area contributed by atoms with Crippen LogP contribution in [0.4, 0.5) is 5.69 Å². The second-order valence-corrected chi connectivity index (χ2v) is 4.39. The van der Waals surface area contributed by atoms with Crippen LogP contribution < -0.4 is 5.73 Å². The van der Waals surface area contributed by atoms with Crippen LogP contribution in [0.5, 0.6) is 0 Å². The SMILES string of the molecule is CC(c1cccc(N)c1)N1CCCCC1=O. The molecule has 1 saturated heterocycles. The van der Waals surface area contributed by atoms with Gasteiger partial charge in [-0.15, -0.1) is 0 Å². The zero-order chi connectivity index (χ0) is 11.5. The first-order chi connectivity index (χ1) is 7.68. The molecule has 2 N–H and O–H groups in total. The molecule has 0 aromatic heterocycles. The van der Waals surface area contributed by atoms with Gasteiger partial charge in [-0.2, -0.15) is 0 Å². The van der Waals surface area contributed by atoms with Gasteiger partial charge in [-0.25, -0.2) is 0 Å². The number of rotatable bonds is 2. The van der Waals surface area contributed by atoms with Crippen molar-refractivity contribution in [3.63, 3.8) is 0 Å². The molecule has 1 amide bonds. The van der Waals surface area contributed by atoms with E-state index in [9.17, 15) is 4.79 Å². The second kappa shape index (κ2) is 4.56. The van der Waals surface area contributed by atoms with Crippen LogP contribution in [0.3, 0.4) is 0 Å². The normalized spacial score (nSPS) is 18.6. The molecular formula is C13H18N2O. The number of carbonyl (C=O) groups is 1. The van der Waals surface area contributed by atoms with Gasteiger partial charge in [-0.3, -0.25) is 4.79 Å². The fourth-order valence-corrected chi connectivity index (χ4v) is 2.24. The maximum Gasteiger partial charge on any atom is 0.223 e. The number of carbonyl (C=O) groups excluding carboxylic acids is 1. The van der Waals surface area contributed by atoms with Crippen molar-refractivity contribution in [2.45, 2.75) is 32.2 Å². The van der Waals surface area contributed by atoms with Gasteiger partial charge in [0.05, 0.1) is 6.04 Å². The van der Waals surface area contributed by atoms with Crippen molar-refractivity contribution in [3.05, 3.63) is 29.8 Å². The van der Waals surface area contributed by atoms with E-state index in [1.54, 1.807) is 0 Å². The highest BCUT2D eigenvalue weighted by atomic mass is 16.2. The summed E-state index contributed by atoms with van der Waals surface area (Å²) in [6.07, 6.45) is 2.82. The molecule has 16 heavy (non-hydrogen) atoms. The Morgan fingerprint density at radius 2 is 2.19 bits per heavy atom. The molecule has 0 spiro atoms. The van der Waals surface area contributed by atoms with E-state index in [2.05, 4.69) is 6.92 Å². The quantitative estimate of drug-likeness (QED) is 0.774. The Labute approximate surface area is 96.2 Å². The minimum atomic E-state index is 0.135. The lowest BCUT2D eigenvalue weighted by Crippen LogP contribution is -2.37. The van der Waals surface area contributed by atoms with E-state index < -0.39 is 0 Å². The van der Waals surface area contributed by atoms with Crippen molar-refractivity contribution < 1.29 is 4.79 Å². The van der Waals surface area contributed by atoms with E-state index in [1.807, 2.05) is 29.2 Å². The van der Waals surface area contributed by atoms with Gasteiger partial charge in [0.15, 0.2) is 0 Å². The zero-order valence-corrected chi connectivity index (χ0v) is 9.65.